The highest BCUT2D eigenvalue weighted by Crippen LogP contribution is 2.24. The van der Waals surface area contributed by atoms with Crippen molar-refractivity contribution in [2.24, 2.45) is 5.41 Å². The molecule has 0 aromatic carbocycles. The first-order chi connectivity index (χ1) is 6.56. The highest BCUT2D eigenvalue weighted by atomic mass is 16.5. The maximum atomic E-state index is 11.3. The molecule has 0 spiro atoms. The summed E-state index contributed by atoms with van der Waals surface area (Å²) in [5.41, 5.74) is -0.517. The highest BCUT2D eigenvalue weighted by molar-refractivity contribution is 5.75. The normalized spacial score (nSPS) is 18.5. The lowest BCUT2D eigenvalue weighted by atomic mass is 9.95. The van der Waals surface area contributed by atoms with Crippen molar-refractivity contribution >= 4 is 5.97 Å². The lowest BCUT2D eigenvalue weighted by molar-refractivity contribution is -0.155. The number of methoxy groups -OCH3 is 1. The average Bonchev–Trinajstić information content (AvgIpc) is 2.66. The molecule has 0 aromatic rings. The minimum Gasteiger partial charge on any atom is -0.469 e. The third kappa shape index (κ3) is 2.98. The molecule has 0 unspecified atom stereocenters. The molecule has 0 aliphatic heterocycles. The van der Waals surface area contributed by atoms with Crippen molar-refractivity contribution in [1.82, 2.24) is 0 Å². The quantitative estimate of drug-likeness (QED) is 0.652. The molecular weight excluding hydrogens is 180 g/mol. The van der Waals surface area contributed by atoms with Gasteiger partial charge in [0.05, 0.1) is 25.2 Å². The predicted molar refractivity (Wildman–Crippen MR) is 54.0 cm³/mol. The van der Waals surface area contributed by atoms with Gasteiger partial charge in [0.1, 0.15) is 0 Å². The number of ether oxygens (including phenoxy) is 2. The lowest BCUT2D eigenvalue weighted by Gasteiger charge is -2.23. The molecule has 0 amide bonds. The Morgan fingerprint density at radius 3 is 2.43 bits per heavy atom. The molecule has 0 radical (unpaired) electrons. The van der Waals surface area contributed by atoms with Crippen LogP contribution < -0.4 is 0 Å². The number of rotatable bonds is 4. The fourth-order valence-corrected chi connectivity index (χ4v) is 1.72. The van der Waals surface area contributed by atoms with E-state index in [0.717, 1.165) is 12.8 Å². The van der Waals surface area contributed by atoms with Crippen molar-refractivity contribution in [3.63, 3.8) is 0 Å². The zero-order valence-corrected chi connectivity index (χ0v) is 9.34. The molecule has 0 heterocycles. The molecule has 82 valence electrons. The summed E-state index contributed by atoms with van der Waals surface area (Å²) in [6.45, 7) is 4.17. The maximum absolute atomic E-state index is 11.3. The van der Waals surface area contributed by atoms with Gasteiger partial charge in [-0.15, -0.1) is 0 Å². The molecule has 3 nitrogen and oxygen atoms in total. The Morgan fingerprint density at radius 1 is 1.36 bits per heavy atom. The zero-order valence-electron chi connectivity index (χ0n) is 9.34. The van der Waals surface area contributed by atoms with Crippen molar-refractivity contribution in [2.75, 3.05) is 13.7 Å². The zero-order chi connectivity index (χ0) is 10.6. The van der Waals surface area contributed by atoms with E-state index in [9.17, 15) is 4.79 Å². The van der Waals surface area contributed by atoms with Crippen molar-refractivity contribution in [3.05, 3.63) is 0 Å². The predicted octanol–water partition coefficient (Wildman–Crippen LogP) is 2.14. The van der Waals surface area contributed by atoms with Crippen LogP contribution >= 0.6 is 0 Å². The van der Waals surface area contributed by atoms with Crippen LogP contribution in [0.2, 0.25) is 0 Å². The fraction of sp³-hybridized carbons (Fsp3) is 0.909. The van der Waals surface area contributed by atoms with Gasteiger partial charge >= 0.3 is 5.97 Å². The van der Waals surface area contributed by atoms with Crippen LogP contribution in [-0.4, -0.2) is 25.8 Å². The van der Waals surface area contributed by atoms with Crippen molar-refractivity contribution in [1.29, 1.82) is 0 Å². The van der Waals surface area contributed by atoms with Crippen LogP contribution in [0, 0.1) is 5.41 Å². The van der Waals surface area contributed by atoms with E-state index in [4.69, 9.17) is 9.47 Å². The van der Waals surface area contributed by atoms with Crippen LogP contribution in [0.4, 0.5) is 0 Å². The Labute approximate surface area is 85.8 Å². The molecular formula is C11H20O3. The third-order valence-electron chi connectivity index (χ3n) is 2.72. The van der Waals surface area contributed by atoms with E-state index < -0.39 is 5.41 Å². The topological polar surface area (TPSA) is 35.5 Å². The fourth-order valence-electron chi connectivity index (χ4n) is 1.72. The van der Waals surface area contributed by atoms with Gasteiger partial charge in [0, 0.05) is 0 Å². The van der Waals surface area contributed by atoms with Crippen LogP contribution in [0.25, 0.3) is 0 Å². The van der Waals surface area contributed by atoms with E-state index in [1.807, 2.05) is 13.8 Å². The van der Waals surface area contributed by atoms with Crippen LogP contribution in [0.15, 0.2) is 0 Å². The first-order valence-corrected chi connectivity index (χ1v) is 5.26. The van der Waals surface area contributed by atoms with E-state index in [-0.39, 0.29) is 5.97 Å². The van der Waals surface area contributed by atoms with Crippen molar-refractivity contribution < 1.29 is 14.3 Å². The smallest absolute Gasteiger partial charge is 0.313 e. The number of carbonyl (C=O) groups is 1. The number of carbonyl (C=O) groups excluding carboxylic acids is 1. The van der Waals surface area contributed by atoms with Gasteiger partial charge in [-0.05, 0) is 26.7 Å². The standard InChI is InChI=1S/C11H20O3/c1-11(2,10(12)13-3)8-14-9-6-4-5-7-9/h9H,4-8H2,1-3H3. The molecule has 14 heavy (non-hydrogen) atoms. The van der Waals surface area contributed by atoms with Gasteiger partial charge in [-0.25, -0.2) is 0 Å². The first-order valence-electron chi connectivity index (χ1n) is 5.26. The second-order valence-corrected chi connectivity index (χ2v) is 4.59. The second-order valence-electron chi connectivity index (χ2n) is 4.59. The monoisotopic (exact) mass is 200 g/mol. The summed E-state index contributed by atoms with van der Waals surface area (Å²) < 4.78 is 10.4. The van der Waals surface area contributed by atoms with Gasteiger partial charge in [0.2, 0.25) is 0 Å². The van der Waals surface area contributed by atoms with E-state index in [2.05, 4.69) is 0 Å². The van der Waals surface area contributed by atoms with Gasteiger partial charge in [-0.1, -0.05) is 12.8 Å². The Hall–Kier alpha value is -0.570. The molecule has 3 heteroatoms. The number of hydrogen-bond acceptors (Lipinski definition) is 3. The summed E-state index contributed by atoms with van der Waals surface area (Å²) >= 11 is 0. The van der Waals surface area contributed by atoms with Crippen LogP contribution in [0.1, 0.15) is 39.5 Å². The Morgan fingerprint density at radius 2 is 1.93 bits per heavy atom. The van der Waals surface area contributed by atoms with Gasteiger partial charge in [-0.2, -0.15) is 0 Å². The lowest BCUT2D eigenvalue weighted by Crippen LogP contribution is -2.32. The summed E-state index contributed by atoms with van der Waals surface area (Å²) in [5.74, 6) is -0.199. The van der Waals surface area contributed by atoms with Gasteiger partial charge in [0.25, 0.3) is 0 Å². The average molecular weight is 200 g/mol. The van der Waals surface area contributed by atoms with Crippen molar-refractivity contribution in [3.8, 4) is 0 Å². The van der Waals surface area contributed by atoms with Crippen LogP contribution in [0.3, 0.4) is 0 Å². The Balaban J connectivity index is 2.31. The number of esters is 1. The van der Waals surface area contributed by atoms with E-state index in [0.29, 0.717) is 12.7 Å². The molecule has 1 rings (SSSR count). The van der Waals surface area contributed by atoms with Gasteiger partial charge in [0.15, 0.2) is 0 Å². The third-order valence-corrected chi connectivity index (χ3v) is 2.72. The summed E-state index contributed by atoms with van der Waals surface area (Å²) in [6, 6.07) is 0. The van der Waals surface area contributed by atoms with E-state index in [1.165, 1.54) is 20.0 Å². The molecule has 1 aliphatic carbocycles. The van der Waals surface area contributed by atoms with Crippen LogP contribution in [-0.2, 0) is 14.3 Å². The molecule has 0 bridgehead atoms. The molecule has 0 atom stereocenters. The first kappa shape index (κ1) is 11.5. The second kappa shape index (κ2) is 4.78. The SMILES string of the molecule is COC(=O)C(C)(C)COC1CCCC1. The Kier molecular flexibility index (Phi) is 3.93. The summed E-state index contributed by atoms with van der Waals surface area (Å²) in [4.78, 5) is 11.3. The summed E-state index contributed by atoms with van der Waals surface area (Å²) in [7, 11) is 1.42. The van der Waals surface area contributed by atoms with Gasteiger partial charge < -0.3 is 9.47 Å². The summed E-state index contributed by atoms with van der Waals surface area (Å²) in [5, 5.41) is 0. The minimum atomic E-state index is -0.517. The molecule has 1 saturated carbocycles. The van der Waals surface area contributed by atoms with E-state index >= 15 is 0 Å². The Bertz CT molecular complexity index is 193. The van der Waals surface area contributed by atoms with Gasteiger partial charge in [-0.3, -0.25) is 4.79 Å². The molecule has 1 aliphatic rings. The van der Waals surface area contributed by atoms with Crippen LogP contribution in [0.5, 0.6) is 0 Å². The molecule has 0 N–H and O–H groups in total. The maximum Gasteiger partial charge on any atom is 0.313 e. The molecule has 0 saturated heterocycles. The van der Waals surface area contributed by atoms with Crippen molar-refractivity contribution in [2.45, 2.75) is 45.6 Å². The largest absolute Gasteiger partial charge is 0.469 e. The highest BCUT2D eigenvalue weighted by Gasteiger charge is 2.30. The van der Waals surface area contributed by atoms with E-state index in [1.54, 1.807) is 0 Å². The number of hydrogen-bond donors (Lipinski definition) is 0. The molecule has 1 fully saturated rings. The summed E-state index contributed by atoms with van der Waals surface area (Å²) in [6.07, 6.45) is 5.14. The minimum absolute atomic E-state index is 0.199. The molecule has 0 aromatic heterocycles.